The Bertz CT molecular complexity index is 162. The molecule has 0 aliphatic carbocycles. The highest BCUT2D eigenvalue weighted by molar-refractivity contribution is 6.86. The van der Waals surface area contributed by atoms with Crippen molar-refractivity contribution in [2.24, 2.45) is 5.73 Å². The molecule has 0 saturated heterocycles. The van der Waals surface area contributed by atoms with Crippen LogP contribution in [0.1, 0.15) is 20.8 Å². The molecule has 0 radical (unpaired) electrons. The first-order valence-electron chi connectivity index (χ1n) is 5.23. The van der Waals surface area contributed by atoms with Gasteiger partial charge >= 0.3 is 0 Å². The van der Waals surface area contributed by atoms with Gasteiger partial charge in [0.15, 0.2) is 16.6 Å². The van der Waals surface area contributed by atoms with E-state index in [1.54, 1.807) is 0 Å². The predicted octanol–water partition coefficient (Wildman–Crippen LogP) is 2.71. The fourth-order valence-corrected chi connectivity index (χ4v) is 8.78. The molecule has 0 aliphatic heterocycles. The van der Waals surface area contributed by atoms with Gasteiger partial charge in [-0.05, 0) is 31.7 Å². The number of rotatable bonds is 5. The van der Waals surface area contributed by atoms with E-state index in [1.165, 1.54) is 6.04 Å². The van der Waals surface area contributed by atoms with Crippen LogP contribution in [0.25, 0.3) is 0 Å². The first kappa shape index (κ1) is 13.4. The molecule has 0 amide bonds. The lowest BCUT2D eigenvalue weighted by Crippen LogP contribution is -2.56. The molecule has 2 atom stereocenters. The number of hydrogen-bond donors (Lipinski definition) is 1. The maximum absolute atomic E-state index is 6.34. The van der Waals surface area contributed by atoms with Gasteiger partial charge in [0.2, 0.25) is 0 Å². The molecule has 2 nitrogen and oxygen atoms in total. The van der Waals surface area contributed by atoms with E-state index < -0.39 is 16.6 Å². The highest BCUT2D eigenvalue weighted by Crippen LogP contribution is 2.22. The van der Waals surface area contributed by atoms with Crippen LogP contribution in [-0.4, -0.2) is 22.3 Å². The van der Waals surface area contributed by atoms with Gasteiger partial charge in [0, 0.05) is 5.67 Å². The average molecular weight is 219 g/mol. The second kappa shape index (κ2) is 4.73. The topological polar surface area (TPSA) is 35.2 Å². The van der Waals surface area contributed by atoms with E-state index in [-0.39, 0.29) is 5.67 Å². The molecule has 13 heavy (non-hydrogen) atoms. The Hall–Kier alpha value is 0.354. The van der Waals surface area contributed by atoms with Crippen LogP contribution in [0.2, 0.25) is 31.7 Å². The fourth-order valence-electron chi connectivity index (χ4n) is 1.19. The summed E-state index contributed by atoms with van der Waals surface area (Å²) >= 11 is 0. The standard InChI is InChI=1S/C9H25NOSi2/c1-7-12(4,5)11-13(6,8-2)9(3)10/h9H,7-8,10H2,1-6H3. The summed E-state index contributed by atoms with van der Waals surface area (Å²) in [6.07, 6.45) is 0. The third-order valence-corrected chi connectivity index (χ3v) is 12.1. The largest absolute Gasteiger partial charge is 0.454 e. The minimum absolute atomic E-state index is 0.246. The van der Waals surface area contributed by atoms with Gasteiger partial charge in [-0.3, -0.25) is 0 Å². The van der Waals surface area contributed by atoms with Crippen LogP contribution in [0.5, 0.6) is 0 Å². The van der Waals surface area contributed by atoms with Crippen LogP contribution in [0.4, 0.5) is 0 Å². The van der Waals surface area contributed by atoms with Crippen molar-refractivity contribution in [3.8, 4) is 0 Å². The van der Waals surface area contributed by atoms with Crippen LogP contribution in [-0.2, 0) is 4.12 Å². The Balaban J connectivity index is 4.44. The van der Waals surface area contributed by atoms with Crippen molar-refractivity contribution in [3.05, 3.63) is 0 Å². The van der Waals surface area contributed by atoms with Crippen LogP contribution in [0, 0.1) is 0 Å². The lowest BCUT2D eigenvalue weighted by Gasteiger charge is -2.38. The van der Waals surface area contributed by atoms with E-state index in [2.05, 4.69) is 40.4 Å². The fraction of sp³-hybridized carbons (Fsp3) is 1.00. The van der Waals surface area contributed by atoms with Crippen molar-refractivity contribution < 1.29 is 4.12 Å². The molecule has 0 bridgehead atoms. The highest BCUT2D eigenvalue weighted by atomic mass is 28.4. The Labute approximate surface area is 85.1 Å². The second-order valence-corrected chi connectivity index (χ2v) is 14.0. The van der Waals surface area contributed by atoms with Gasteiger partial charge in [-0.15, -0.1) is 0 Å². The van der Waals surface area contributed by atoms with Gasteiger partial charge in [-0.25, -0.2) is 0 Å². The van der Waals surface area contributed by atoms with E-state index in [1.807, 2.05) is 0 Å². The Morgan fingerprint density at radius 2 is 1.62 bits per heavy atom. The van der Waals surface area contributed by atoms with Crippen LogP contribution in [0.15, 0.2) is 0 Å². The van der Waals surface area contributed by atoms with Gasteiger partial charge in [0.1, 0.15) is 0 Å². The Morgan fingerprint density at radius 3 is 1.85 bits per heavy atom. The van der Waals surface area contributed by atoms with Crippen LogP contribution < -0.4 is 5.73 Å². The molecule has 80 valence electrons. The SMILES string of the molecule is CC[Si](C)(C)O[Si](C)(CC)C(C)N. The van der Waals surface area contributed by atoms with Gasteiger partial charge in [0.05, 0.1) is 0 Å². The summed E-state index contributed by atoms with van der Waals surface area (Å²) in [4.78, 5) is 0. The van der Waals surface area contributed by atoms with Crippen LogP contribution >= 0.6 is 0 Å². The molecule has 0 saturated carbocycles. The highest BCUT2D eigenvalue weighted by Gasteiger charge is 2.37. The number of nitrogens with two attached hydrogens (primary N) is 1. The molecule has 0 heterocycles. The quantitative estimate of drug-likeness (QED) is 0.722. The smallest absolute Gasteiger partial charge is 0.192 e. The summed E-state index contributed by atoms with van der Waals surface area (Å²) in [6, 6.07) is 2.31. The first-order valence-corrected chi connectivity index (χ1v) is 11.0. The zero-order valence-corrected chi connectivity index (χ0v) is 12.0. The summed E-state index contributed by atoms with van der Waals surface area (Å²) in [5.41, 5.74) is 6.25. The van der Waals surface area contributed by atoms with Gasteiger partial charge in [0.25, 0.3) is 0 Å². The zero-order chi connectivity index (χ0) is 10.7. The molecular weight excluding hydrogens is 194 g/mol. The maximum atomic E-state index is 6.34. The van der Waals surface area contributed by atoms with Gasteiger partial charge in [-0.1, -0.05) is 20.8 Å². The van der Waals surface area contributed by atoms with Crippen molar-refractivity contribution in [2.45, 2.75) is 58.2 Å². The normalized spacial score (nSPS) is 19.6. The minimum atomic E-state index is -1.62. The molecule has 0 aromatic heterocycles. The molecule has 0 aromatic carbocycles. The molecule has 0 rings (SSSR count). The van der Waals surface area contributed by atoms with Crippen molar-refractivity contribution in [1.29, 1.82) is 0 Å². The summed E-state index contributed by atoms with van der Waals surface area (Å²) < 4.78 is 6.34. The molecule has 4 heteroatoms. The Kier molecular flexibility index (Phi) is 4.86. The van der Waals surface area contributed by atoms with Crippen molar-refractivity contribution >= 4 is 16.6 Å². The third kappa shape index (κ3) is 3.93. The summed E-state index contributed by atoms with van der Waals surface area (Å²) in [5, 5.41) is 0. The molecule has 0 spiro atoms. The maximum Gasteiger partial charge on any atom is 0.192 e. The van der Waals surface area contributed by atoms with Crippen molar-refractivity contribution in [2.75, 3.05) is 0 Å². The first-order chi connectivity index (χ1) is 5.77. The average Bonchev–Trinajstić information content (AvgIpc) is 2.03. The third-order valence-electron chi connectivity index (χ3n) is 3.03. The zero-order valence-electron chi connectivity index (χ0n) is 9.98. The van der Waals surface area contributed by atoms with E-state index >= 15 is 0 Å². The van der Waals surface area contributed by atoms with E-state index in [9.17, 15) is 0 Å². The van der Waals surface area contributed by atoms with Gasteiger partial charge in [-0.2, -0.15) is 0 Å². The van der Waals surface area contributed by atoms with E-state index in [0.29, 0.717) is 0 Å². The molecule has 2 unspecified atom stereocenters. The Morgan fingerprint density at radius 1 is 1.15 bits per heavy atom. The molecule has 0 fully saturated rings. The summed E-state index contributed by atoms with van der Waals surface area (Å²) in [7, 11) is -3.03. The summed E-state index contributed by atoms with van der Waals surface area (Å²) in [5.74, 6) is 0. The van der Waals surface area contributed by atoms with Crippen molar-refractivity contribution in [3.63, 3.8) is 0 Å². The summed E-state index contributed by atoms with van der Waals surface area (Å²) in [6.45, 7) is 13.4. The second-order valence-electron chi connectivity index (χ2n) is 4.67. The van der Waals surface area contributed by atoms with E-state index in [0.717, 1.165) is 6.04 Å². The lowest BCUT2D eigenvalue weighted by molar-refractivity contribution is 0.515. The molecule has 0 aromatic rings. The molecule has 0 aliphatic rings. The van der Waals surface area contributed by atoms with Crippen LogP contribution in [0.3, 0.4) is 0 Å². The lowest BCUT2D eigenvalue weighted by atomic mass is 10.8. The predicted molar refractivity (Wildman–Crippen MR) is 64.8 cm³/mol. The minimum Gasteiger partial charge on any atom is -0.454 e. The monoisotopic (exact) mass is 219 g/mol. The molecule has 2 N–H and O–H groups in total. The number of hydrogen-bond acceptors (Lipinski definition) is 2. The van der Waals surface area contributed by atoms with Crippen molar-refractivity contribution in [1.82, 2.24) is 0 Å². The van der Waals surface area contributed by atoms with E-state index in [4.69, 9.17) is 9.85 Å². The molecular formula is C9H25NOSi2. The van der Waals surface area contributed by atoms with Gasteiger partial charge < -0.3 is 9.85 Å².